The van der Waals surface area contributed by atoms with Crippen molar-refractivity contribution >= 4 is 21.8 Å². The van der Waals surface area contributed by atoms with Crippen LogP contribution in [0.25, 0.3) is 0 Å². The van der Waals surface area contributed by atoms with E-state index in [0.717, 1.165) is 4.47 Å². The maximum absolute atomic E-state index is 12.1. The maximum atomic E-state index is 12.1. The normalized spacial score (nSPS) is 11.2. The van der Waals surface area contributed by atoms with Gasteiger partial charge in [-0.1, -0.05) is 66.2 Å². The molecule has 2 nitrogen and oxygen atoms in total. The van der Waals surface area contributed by atoms with Gasteiger partial charge in [0.15, 0.2) is 0 Å². The van der Waals surface area contributed by atoms with Crippen LogP contribution in [0.1, 0.15) is 29.8 Å². The summed E-state index contributed by atoms with van der Waals surface area (Å²) in [7, 11) is 0. The van der Waals surface area contributed by atoms with Gasteiger partial charge in [0.1, 0.15) is 0 Å². The summed E-state index contributed by atoms with van der Waals surface area (Å²) in [5, 5.41) is 3.01. The molecule has 2 rings (SSSR count). The molecule has 2 aromatic rings. The van der Waals surface area contributed by atoms with E-state index in [2.05, 4.69) is 47.2 Å². The van der Waals surface area contributed by atoms with Crippen molar-refractivity contribution in [1.82, 2.24) is 5.32 Å². The second kappa shape index (κ2) is 6.23. The number of rotatable bonds is 4. The molecular formula is C17H18BrNO. The van der Waals surface area contributed by atoms with E-state index in [4.69, 9.17) is 0 Å². The molecule has 2 aromatic carbocycles. The number of halogens is 1. The first-order chi connectivity index (χ1) is 9.49. The highest BCUT2D eigenvalue weighted by atomic mass is 79.9. The van der Waals surface area contributed by atoms with Gasteiger partial charge in [-0.2, -0.15) is 0 Å². The standard InChI is InChI=1S/C17H18BrNO/c1-17(2,14-8-4-3-5-9-14)12-19-16(20)13-7-6-10-15(18)11-13/h3-11H,12H2,1-2H3,(H,19,20). The third-order valence-corrected chi connectivity index (χ3v) is 3.83. The van der Waals surface area contributed by atoms with E-state index in [9.17, 15) is 4.79 Å². The average Bonchev–Trinajstić information content (AvgIpc) is 2.46. The molecule has 20 heavy (non-hydrogen) atoms. The summed E-state index contributed by atoms with van der Waals surface area (Å²) in [6, 6.07) is 17.6. The molecule has 1 amide bonds. The molecule has 104 valence electrons. The topological polar surface area (TPSA) is 29.1 Å². The van der Waals surface area contributed by atoms with E-state index in [-0.39, 0.29) is 11.3 Å². The molecule has 0 aliphatic heterocycles. The van der Waals surface area contributed by atoms with Crippen molar-refractivity contribution < 1.29 is 4.79 Å². The van der Waals surface area contributed by atoms with Gasteiger partial charge in [0, 0.05) is 22.0 Å². The largest absolute Gasteiger partial charge is 0.351 e. The maximum Gasteiger partial charge on any atom is 0.251 e. The van der Waals surface area contributed by atoms with Crippen molar-refractivity contribution in [2.24, 2.45) is 0 Å². The predicted molar refractivity (Wildman–Crippen MR) is 85.9 cm³/mol. The van der Waals surface area contributed by atoms with E-state index in [0.29, 0.717) is 12.1 Å². The predicted octanol–water partition coefficient (Wildman–Crippen LogP) is 4.16. The molecule has 0 unspecified atom stereocenters. The number of nitrogens with one attached hydrogen (secondary N) is 1. The summed E-state index contributed by atoms with van der Waals surface area (Å²) in [4.78, 5) is 12.1. The Morgan fingerprint density at radius 3 is 2.45 bits per heavy atom. The van der Waals surface area contributed by atoms with Crippen LogP contribution in [0.3, 0.4) is 0 Å². The number of carbonyl (C=O) groups excluding carboxylic acids is 1. The summed E-state index contributed by atoms with van der Waals surface area (Å²) < 4.78 is 0.910. The third-order valence-electron chi connectivity index (χ3n) is 3.33. The Labute approximate surface area is 128 Å². The molecule has 1 N–H and O–H groups in total. The molecule has 0 saturated carbocycles. The van der Waals surface area contributed by atoms with Gasteiger partial charge in [0.25, 0.3) is 5.91 Å². The molecule has 0 aliphatic rings. The highest BCUT2D eigenvalue weighted by molar-refractivity contribution is 9.10. The Hall–Kier alpha value is -1.61. The summed E-state index contributed by atoms with van der Waals surface area (Å²) in [6.45, 7) is 4.86. The lowest BCUT2D eigenvalue weighted by molar-refractivity contribution is 0.0945. The molecule has 0 saturated heterocycles. The van der Waals surface area contributed by atoms with Crippen molar-refractivity contribution in [2.45, 2.75) is 19.3 Å². The first-order valence-corrected chi connectivity index (χ1v) is 7.38. The second-order valence-corrected chi connectivity index (χ2v) is 6.36. The van der Waals surface area contributed by atoms with Crippen molar-refractivity contribution in [3.8, 4) is 0 Å². The Kier molecular flexibility index (Phi) is 4.61. The van der Waals surface area contributed by atoms with Gasteiger partial charge in [0.05, 0.1) is 0 Å². The molecule has 3 heteroatoms. The van der Waals surface area contributed by atoms with E-state index in [1.165, 1.54) is 5.56 Å². The minimum atomic E-state index is -0.0943. The highest BCUT2D eigenvalue weighted by Gasteiger charge is 2.21. The first-order valence-electron chi connectivity index (χ1n) is 6.58. The third kappa shape index (κ3) is 3.70. The fraction of sp³-hybridized carbons (Fsp3) is 0.235. The van der Waals surface area contributed by atoms with Gasteiger partial charge >= 0.3 is 0 Å². The van der Waals surface area contributed by atoms with Crippen molar-refractivity contribution in [2.75, 3.05) is 6.54 Å². The lowest BCUT2D eigenvalue weighted by Crippen LogP contribution is -2.36. The van der Waals surface area contributed by atoms with Crippen LogP contribution in [-0.4, -0.2) is 12.5 Å². The lowest BCUT2D eigenvalue weighted by Gasteiger charge is -2.25. The number of amides is 1. The van der Waals surface area contributed by atoms with Gasteiger partial charge in [0.2, 0.25) is 0 Å². The Morgan fingerprint density at radius 1 is 1.10 bits per heavy atom. The molecule has 0 aromatic heterocycles. The van der Waals surface area contributed by atoms with Crippen LogP contribution in [0.2, 0.25) is 0 Å². The van der Waals surface area contributed by atoms with Crippen LogP contribution < -0.4 is 5.32 Å². The quantitative estimate of drug-likeness (QED) is 0.895. The van der Waals surface area contributed by atoms with Crippen molar-refractivity contribution in [3.05, 3.63) is 70.2 Å². The summed E-state index contributed by atoms with van der Waals surface area (Å²) in [6.07, 6.45) is 0. The zero-order valence-corrected chi connectivity index (χ0v) is 13.3. The minimum absolute atomic E-state index is 0.0460. The van der Waals surface area contributed by atoms with E-state index < -0.39 is 0 Å². The van der Waals surface area contributed by atoms with Crippen LogP contribution in [0.15, 0.2) is 59.1 Å². The molecular weight excluding hydrogens is 314 g/mol. The van der Waals surface area contributed by atoms with Crippen LogP contribution in [-0.2, 0) is 5.41 Å². The smallest absolute Gasteiger partial charge is 0.251 e. The fourth-order valence-electron chi connectivity index (χ4n) is 2.02. The van der Waals surface area contributed by atoms with Crippen molar-refractivity contribution in [3.63, 3.8) is 0 Å². The molecule has 0 fully saturated rings. The Bertz CT molecular complexity index is 593. The first kappa shape index (κ1) is 14.8. The number of hydrogen-bond acceptors (Lipinski definition) is 1. The SMILES string of the molecule is CC(C)(CNC(=O)c1cccc(Br)c1)c1ccccc1. The lowest BCUT2D eigenvalue weighted by atomic mass is 9.84. The summed E-state index contributed by atoms with van der Waals surface area (Å²) in [5.41, 5.74) is 1.79. The monoisotopic (exact) mass is 331 g/mol. The molecule has 0 aliphatic carbocycles. The molecule has 0 bridgehead atoms. The number of carbonyl (C=O) groups is 1. The van der Waals surface area contributed by atoms with Crippen LogP contribution in [0, 0.1) is 0 Å². The molecule has 0 atom stereocenters. The number of benzene rings is 2. The summed E-state index contributed by atoms with van der Waals surface area (Å²) >= 11 is 3.38. The van der Waals surface area contributed by atoms with Crippen molar-refractivity contribution in [1.29, 1.82) is 0 Å². The van der Waals surface area contributed by atoms with Gasteiger partial charge < -0.3 is 5.32 Å². The fourth-order valence-corrected chi connectivity index (χ4v) is 2.42. The Morgan fingerprint density at radius 2 is 1.80 bits per heavy atom. The highest BCUT2D eigenvalue weighted by Crippen LogP contribution is 2.22. The molecule has 0 radical (unpaired) electrons. The summed E-state index contributed by atoms with van der Waals surface area (Å²) in [5.74, 6) is -0.0460. The van der Waals surface area contributed by atoms with E-state index in [1.54, 1.807) is 0 Å². The van der Waals surface area contributed by atoms with E-state index in [1.807, 2.05) is 42.5 Å². The van der Waals surface area contributed by atoms with Gasteiger partial charge in [-0.25, -0.2) is 0 Å². The Balaban J connectivity index is 2.03. The van der Waals surface area contributed by atoms with Gasteiger partial charge in [-0.15, -0.1) is 0 Å². The number of hydrogen-bond donors (Lipinski definition) is 1. The van der Waals surface area contributed by atoms with Crippen LogP contribution in [0.5, 0.6) is 0 Å². The zero-order chi connectivity index (χ0) is 14.6. The minimum Gasteiger partial charge on any atom is -0.351 e. The van der Waals surface area contributed by atoms with Crippen LogP contribution in [0.4, 0.5) is 0 Å². The average molecular weight is 332 g/mol. The van der Waals surface area contributed by atoms with E-state index >= 15 is 0 Å². The molecule has 0 spiro atoms. The zero-order valence-electron chi connectivity index (χ0n) is 11.7. The van der Waals surface area contributed by atoms with Gasteiger partial charge in [-0.3, -0.25) is 4.79 Å². The van der Waals surface area contributed by atoms with Gasteiger partial charge in [-0.05, 0) is 23.8 Å². The second-order valence-electron chi connectivity index (χ2n) is 5.44. The van der Waals surface area contributed by atoms with Crippen LogP contribution >= 0.6 is 15.9 Å². The molecule has 0 heterocycles.